The van der Waals surface area contributed by atoms with Gasteiger partial charge in [-0.15, -0.1) is 11.8 Å². The molecule has 0 radical (unpaired) electrons. The van der Waals surface area contributed by atoms with Crippen molar-refractivity contribution in [1.29, 1.82) is 0 Å². The number of aliphatic hydroxyl groups excluding tert-OH is 1. The fourth-order valence-corrected chi connectivity index (χ4v) is 3.09. The molecule has 0 aliphatic carbocycles. The second kappa shape index (κ2) is 7.82. The van der Waals surface area contributed by atoms with Crippen LogP contribution in [0.5, 0.6) is 0 Å². The summed E-state index contributed by atoms with van der Waals surface area (Å²) < 4.78 is 0. The number of nitrogens with one attached hydrogen (secondary N) is 1. The number of likely N-dealkylation sites (tertiary alicyclic amines) is 1. The molecule has 2 unspecified atom stereocenters. The Morgan fingerprint density at radius 1 is 1.48 bits per heavy atom. The molecule has 0 bridgehead atoms. The maximum absolute atomic E-state index is 12.1. The number of rotatable bonds is 5. The van der Waals surface area contributed by atoms with Crippen LogP contribution in [0.25, 0.3) is 0 Å². The first-order valence-electron chi connectivity index (χ1n) is 7.43. The molecule has 1 aromatic carbocycles. The van der Waals surface area contributed by atoms with Crippen molar-refractivity contribution in [3.8, 4) is 0 Å². The summed E-state index contributed by atoms with van der Waals surface area (Å²) in [5, 5.41) is 12.8. The van der Waals surface area contributed by atoms with Crippen LogP contribution in [0.3, 0.4) is 0 Å². The van der Waals surface area contributed by atoms with Crippen LogP contribution >= 0.6 is 11.8 Å². The van der Waals surface area contributed by atoms with Gasteiger partial charge in [0, 0.05) is 24.4 Å². The van der Waals surface area contributed by atoms with Gasteiger partial charge in [-0.2, -0.15) is 0 Å². The molecule has 0 saturated carbocycles. The van der Waals surface area contributed by atoms with E-state index in [9.17, 15) is 9.90 Å². The minimum atomic E-state index is -0.265. The van der Waals surface area contributed by atoms with Gasteiger partial charge in [0.1, 0.15) is 0 Å². The van der Waals surface area contributed by atoms with Gasteiger partial charge in [-0.1, -0.05) is 19.1 Å². The predicted octanol–water partition coefficient (Wildman–Crippen LogP) is 2.44. The van der Waals surface area contributed by atoms with E-state index in [0.29, 0.717) is 25.4 Å². The first-order valence-corrected chi connectivity index (χ1v) is 8.66. The average molecular weight is 308 g/mol. The van der Waals surface area contributed by atoms with Gasteiger partial charge < -0.3 is 15.3 Å². The van der Waals surface area contributed by atoms with Crippen molar-refractivity contribution in [2.75, 3.05) is 31.2 Å². The van der Waals surface area contributed by atoms with Gasteiger partial charge >= 0.3 is 0 Å². The van der Waals surface area contributed by atoms with Gasteiger partial charge in [0.25, 0.3) is 0 Å². The molecule has 2 rings (SSSR count). The average Bonchev–Trinajstić information content (AvgIpc) is 2.49. The molecule has 1 fully saturated rings. The van der Waals surface area contributed by atoms with Crippen molar-refractivity contribution >= 4 is 23.4 Å². The number of para-hydroxylation sites is 1. The number of aliphatic hydroxyl groups is 1. The molecule has 2 N–H and O–H groups in total. The predicted molar refractivity (Wildman–Crippen MR) is 87.7 cm³/mol. The molecule has 1 amide bonds. The van der Waals surface area contributed by atoms with Crippen LogP contribution in [-0.4, -0.2) is 47.9 Å². The van der Waals surface area contributed by atoms with Crippen molar-refractivity contribution in [2.45, 2.75) is 30.8 Å². The number of β-amino-alcohol motifs (C(OH)–C–C–N with tert-alkyl or cyclic N) is 1. The Bertz CT molecular complexity index is 481. The molecule has 4 nitrogen and oxygen atoms in total. The SMILES string of the molecule is CSc1ccccc1NC(=O)CCN1CCC(C)C(O)C1. The molecule has 0 aromatic heterocycles. The number of anilines is 1. The maximum atomic E-state index is 12.1. The van der Waals surface area contributed by atoms with E-state index in [2.05, 4.69) is 17.1 Å². The van der Waals surface area contributed by atoms with Gasteiger partial charge in [-0.25, -0.2) is 0 Å². The topological polar surface area (TPSA) is 52.6 Å². The summed E-state index contributed by atoms with van der Waals surface area (Å²) in [7, 11) is 0. The molecule has 1 aromatic rings. The highest BCUT2D eigenvalue weighted by atomic mass is 32.2. The third-order valence-electron chi connectivity index (χ3n) is 4.04. The molecule has 5 heteroatoms. The van der Waals surface area contributed by atoms with Crippen molar-refractivity contribution in [3.63, 3.8) is 0 Å². The number of hydrogen-bond donors (Lipinski definition) is 2. The number of nitrogens with zero attached hydrogens (tertiary/aromatic N) is 1. The lowest BCUT2D eigenvalue weighted by Crippen LogP contribution is -2.43. The standard InChI is InChI=1S/C16H24N2O2S/c1-12-7-9-18(11-14(12)19)10-8-16(20)17-13-5-3-4-6-15(13)21-2/h3-6,12,14,19H,7-11H2,1-2H3,(H,17,20). The molecule has 1 aliphatic rings. The fourth-order valence-electron chi connectivity index (χ4n) is 2.54. The number of hydrogen-bond acceptors (Lipinski definition) is 4. The van der Waals surface area contributed by atoms with Gasteiger partial charge in [0.05, 0.1) is 11.8 Å². The Balaban J connectivity index is 1.80. The number of amides is 1. The zero-order valence-electron chi connectivity index (χ0n) is 12.7. The molecular weight excluding hydrogens is 284 g/mol. The summed E-state index contributed by atoms with van der Waals surface area (Å²) in [5.41, 5.74) is 0.877. The van der Waals surface area contributed by atoms with E-state index < -0.39 is 0 Å². The molecular formula is C16H24N2O2S. The normalized spacial score (nSPS) is 23.0. The summed E-state index contributed by atoms with van der Waals surface area (Å²) in [5.74, 6) is 0.396. The smallest absolute Gasteiger partial charge is 0.225 e. The summed E-state index contributed by atoms with van der Waals surface area (Å²) >= 11 is 1.63. The highest BCUT2D eigenvalue weighted by Crippen LogP contribution is 2.24. The Morgan fingerprint density at radius 3 is 2.95 bits per heavy atom. The third kappa shape index (κ3) is 4.73. The second-order valence-corrected chi connectivity index (χ2v) is 6.48. The van der Waals surface area contributed by atoms with E-state index in [-0.39, 0.29) is 12.0 Å². The summed E-state index contributed by atoms with van der Waals surface area (Å²) in [4.78, 5) is 15.3. The minimum absolute atomic E-state index is 0.0320. The Kier molecular flexibility index (Phi) is 6.08. The zero-order chi connectivity index (χ0) is 15.2. The molecule has 0 spiro atoms. The van der Waals surface area contributed by atoms with E-state index in [1.165, 1.54) is 0 Å². The molecule has 1 heterocycles. The lowest BCUT2D eigenvalue weighted by molar-refractivity contribution is -0.116. The molecule has 2 atom stereocenters. The third-order valence-corrected chi connectivity index (χ3v) is 4.83. The number of piperidine rings is 1. The summed E-state index contributed by atoms with van der Waals surface area (Å²) in [6.07, 6.45) is 3.20. The van der Waals surface area contributed by atoms with E-state index in [1.807, 2.05) is 30.5 Å². The highest BCUT2D eigenvalue weighted by molar-refractivity contribution is 7.98. The number of benzene rings is 1. The number of carbonyl (C=O) groups excluding carboxylic acids is 1. The highest BCUT2D eigenvalue weighted by Gasteiger charge is 2.24. The Hall–Kier alpha value is -1.04. The van der Waals surface area contributed by atoms with Crippen molar-refractivity contribution in [1.82, 2.24) is 4.90 Å². The molecule has 116 valence electrons. The van der Waals surface area contributed by atoms with Crippen LogP contribution in [-0.2, 0) is 4.79 Å². The second-order valence-electron chi connectivity index (χ2n) is 5.63. The van der Waals surface area contributed by atoms with Gasteiger partial charge in [-0.3, -0.25) is 4.79 Å². The van der Waals surface area contributed by atoms with E-state index in [1.54, 1.807) is 11.8 Å². The van der Waals surface area contributed by atoms with E-state index in [4.69, 9.17) is 0 Å². The van der Waals surface area contributed by atoms with Gasteiger partial charge in [0.15, 0.2) is 0 Å². The van der Waals surface area contributed by atoms with Crippen LogP contribution in [0.2, 0.25) is 0 Å². The molecule has 1 aliphatic heterocycles. The fraction of sp³-hybridized carbons (Fsp3) is 0.562. The van der Waals surface area contributed by atoms with Crippen LogP contribution in [0.4, 0.5) is 5.69 Å². The first-order chi connectivity index (χ1) is 10.1. The monoisotopic (exact) mass is 308 g/mol. The van der Waals surface area contributed by atoms with Gasteiger partial charge in [0.2, 0.25) is 5.91 Å². The van der Waals surface area contributed by atoms with E-state index >= 15 is 0 Å². The van der Waals surface area contributed by atoms with Gasteiger partial charge in [-0.05, 0) is 37.3 Å². The number of carbonyl (C=O) groups is 1. The zero-order valence-corrected chi connectivity index (χ0v) is 13.5. The molecule has 1 saturated heterocycles. The number of thioether (sulfide) groups is 1. The Labute approximate surface area is 130 Å². The lowest BCUT2D eigenvalue weighted by atomic mass is 9.96. The van der Waals surface area contributed by atoms with Crippen LogP contribution in [0.15, 0.2) is 29.2 Å². The summed E-state index contributed by atoms with van der Waals surface area (Å²) in [6.45, 7) is 4.42. The minimum Gasteiger partial charge on any atom is -0.392 e. The molecule has 21 heavy (non-hydrogen) atoms. The summed E-state index contributed by atoms with van der Waals surface area (Å²) in [6, 6.07) is 7.83. The quantitative estimate of drug-likeness (QED) is 0.820. The van der Waals surface area contributed by atoms with Crippen molar-refractivity contribution in [2.24, 2.45) is 5.92 Å². The van der Waals surface area contributed by atoms with Crippen LogP contribution < -0.4 is 5.32 Å². The van der Waals surface area contributed by atoms with Crippen LogP contribution in [0.1, 0.15) is 19.8 Å². The van der Waals surface area contributed by atoms with E-state index in [0.717, 1.165) is 23.5 Å². The Morgan fingerprint density at radius 2 is 2.24 bits per heavy atom. The first kappa shape index (κ1) is 16.3. The van der Waals surface area contributed by atoms with Crippen LogP contribution in [0, 0.1) is 5.92 Å². The largest absolute Gasteiger partial charge is 0.392 e. The maximum Gasteiger partial charge on any atom is 0.225 e. The lowest BCUT2D eigenvalue weighted by Gasteiger charge is -2.34. The van der Waals surface area contributed by atoms with Crippen molar-refractivity contribution in [3.05, 3.63) is 24.3 Å². The van der Waals surface area contributed by atoms with Crippen molar-refractivity contribution < 1.29 is 9.90 Å².